The van der Waals surface area contributed by atoms with Gasteiger partial charge in [0.1, 0.15) is 5.75 Å². The molecule has 1 aliphatic carbocycles. The zero-order valence-corrected chi connectivity index (χ0v) is 14.1. The third kappa shape index (κ3) is 4.12. The van der Waals surface area contributed by atoms with Crippen molar-refractivity contribution in [1.29, 1.82) is 0 Å². The van der Waals surface area contributed by atoms with Crippen molar-refractivity contribution in [2.45, 2.75) is 40.0 Å². The SMILES string of the molecule is COc1ccc(NC(=O)C2CC(C)=CCC[C@H]2C(C)C)cc1. The first kappa shape index (κ1) is 16.6. The number of rotatable bonds is 4. The molecule has 120 valence electrons. The van der Waals surface area contributed by atoms with Crippen molar-refractivity contribution < 1.29 is 9.53 Å². The van der Waals surface area contributed by atoms with Crippen molar-refractivity contribution in [3.63, 3.8) is 0 Å². The maximum absolute atomic E-state index is 12.8. The third-order valence-corrected chi connectivity index (χ3v) is 4.60. The molecule has 0 fully saturated rings. The van der Waals surface area contributed by atoms with Gasteiger partial charge in [0.05, 0.1) is 7.11 Å². The van der Waals surface area contributed by atoms with Crippen molar-refractivity contribution in [3.05, 3.63) is 35.9 Å². The number of anilines is 1. The van der Waals surface area contributed by atoms with Gasteiger partial charge in [0.2, 0.25) is 5.91 Å². The Morgan fingerprint density at radius 2 is 1.95 bits per heavy atom. The molecule has 22 heavy (non-hydrogen) atoms. The molecular formula is C19H27NO2. The fourth-order valence-electron chi connectivity index (χ4n) is 3.30. The van der Waals surface area contributed by atoms with Gasteiger partial charge in [-0.3, -0.25) is 4.79 Å². The lowest BCUT2D eigenvalue weighted by Gasteiger charge is -2.28. The zero-order chi connectivity index (χ0) is 16.1. The summed E-state index contributed by atoms with van der Waals surface area (Å²) in [5, 5.41) is 3.07. The number of carbonyl (C=O) groups excluding carboxylic acids is 1. The van der Waals surface area contributed by atoms with E-state index in [1.54, 1.807) is 7.11 Å². The van der Waals surface area contributed by atoms with Gasteiger partial charge in [-0.05, 0) is 62.3 Å². The second-order valence-electron chi connectivity index (χ2n) is 6.56. The van der Waals surface area contributed by atoms with Crippen molar-refractivity contribution >= 4 is 11.6 Å². The Kier molecular flexibility index (Phi) is 5.64. The summed E-state index contributed by atoms with van der Waals surface area (Å²) in [6.45, 7) is 6.58. The Hall–Kier alpha value is -1.77. The average molecular weight is 301 g/mol. The van der Waals surface area contributed by atoms with Gasteiger partial charge in [-0.15, -0.1) is 0 Å². The van der Waals surface area contributed by atoms with Gasteiger partial charge in [0, 0.05) is 11.6 Å². The fraction of sp³-hybridized carbons (Fsp3) is 0.526. The van der Waals surface area contributed by atoms with Gasteiger partial charge < -0.3 is 10.1 Å². The zero-order valence-electron chi connectivity index (χ0n) is 14.1. The standard InChI is InChI=1S/C19H27NO2/c1-13(2)17-7-5-6-14(3)12-18(17)19(21)20-15-8-10-16(22-4)11-9-15/h6,8-11,13,17-18H,5,7,12H2,1-4H3,(H,20,21)/t17-,18?/m0/s1. The highest BCUT2D eigenvalue weighted by atomic mass is 16.5. The van der Waals surface area contributed by atoms with E-state index < -0.39 is 0 Å². The smallest absolute Gasteiger partial charge is 0.228 e. The number of benzene rings is 1. The summed E-state index contributed by atoms with van der Waals surface area (Å²) in [6.07, 6.45) is 5.33. The predicted octanol–water partition coefficient (Wildman–Crippen LogP) is 4.65. The van der Waals surface area contributed by atoms with E-state index in [4.69, 9.17) is 4.74 Å². The molecule has 0 aliphatic heterocycles. The number of nitrogens with one attached hydrogen (secondary N) is 1. The van der Waals surface area contributed by atoms with Crippen LogP contribution in [0.2, 0.25) is 0 Å². The Morgan fingerprint density at radius 1 is 1.27 bits per heavy atom. The topological polar surface area (TPSA) is 38.3 Å². The van der Waals surface area contributed by atoms with E-state index in [-0.39, 0.29) is 11.8 Å². The van der Waals surface area contributed by atoms with E-state index in [2.05, 4.69) is 32.2 Å². The Labute approximate surface area is 133 Å². The lowest BCUT2D eigenvalue weighted by molar-refractivity contribution is -0.122. The lowest BCUT2D eigenvalue weighted by atomic mass is 9.78. The number of allylic oxidation sites excluding steroid dienone is 2. The van der Waals surface area contributed by atoms with Crippen LogP contribution in [-0.4, -0.2) is 13.0 Å². The first-order valence-electron chi connectivity index (χ1n) is 8.11. The van der Waals surface area contributed by atoms with E-state index >= 15 is 0 Å². The maximum atomic E-state index is 12.8. The molecule has 1 aromatic rings. The normalized spacial score (nSPS) is 22.0. The number of hydrogen-bond acceptors (Lipinski definition) is 2. The first-order valence-corrected chi connectivity index (χ1v) is 8.11. The first-order chi connectivity index (χ1) is 10.5. The third-order valence-electron chi connectivity index (χ3n) is 4.60. The van der Waals surface area contributed by atoms with Crippen LogP contribution in [0.5, 0.6) is 5.75 Å². The summed E-state index contributed by atoms with van der Waals surface area (Å²) in [5.41, 5.74) is 2.16. The summed E-state index contributed by atoms with van der Waals surface area (Å²) in [6, 6.07) is 7.52. The van der Waals surface area contributed by atoms with Crippen LogP contribution in [0, 0.1) is 17.8 Å². The Morgan fingerprint density at radius 3 is 2.55 bits per heavy atom. The molecule has 1 amide bonds. The largest absolute Gasteiger partial charge is 0.497 e. The van der Waals surface area contributed by atoms with Crippen LogP contribution in [0.4, 0.5) is 5.69 Å². The number of ether oxygens (including phenoxy) is 1. The van der Waals surface area contributed by atoms with Crippen molar-refractivity contribution in [1.82, 2.24) is 0 Å². The van der Waals surface area contributed by atoms with Crippen molar-refractivity contribution in [3.8, 4) is 5.75 Å². The molecule has 1 N–H and O–H groups in total. The van der Waals surface area contributed by atoms with Gasteiger partial charge in [-0.1, -0.05) is 25.5 Å². The number of hydrogen-bond donors (Lipinski definition) is 1. The molecule has 0 spiro atoms. The molecule has 3 nitrogen and oxygen atoms in total. The molecular weight excluding hydrogens is 274 g/mol. The summed E-state index contributed by atoms with van der Waals surface area (Å²) < 4.78 is 5.15. The molecule has 1 aromatic carbocycles. The number of carbonyl (C=O) groups is 1. The molecule has 3 heteroatoms. The average Bonchev–Trinajstić information content (AvgIpc) is 2.70. The number of amides is 1. The Bertz CT molecular complexity index is 531. The van der Waals surface area contributed by atoms with Crippen LogP contribution < -0.4 is 10.1 Å². The molecule has 0 aromatic heterocycles. The highest BCUT2D eigenvalue weighted by molar-refractivity contribution is 5.93. The predicted molar refractivity (Wildman–Crippen MR) is 91.0 cm³/mol. The highest BCUT2D eigenvalue weighted by Crippen LogP contribution is 2.34. The molecule has 2 rings (SSSR count). The van der Waals surface area contributed by atoms with Crippen molar-refractivity contribution in [2.24, 2.45) is 17.8 Å². The number of methoxy groups -OCH3 is 1. The minimum absolute atomic E-state index is 0.0563. The molecule has 0 radical (unpaired) electrons. The molecule has 0 bridgehead atoms. The van der Waals surface area contributed by atoms with Crippen molar-refractivity contribution in [2.75, 3.05) is 12.4 Å². The maximum Gasteiger partial charge on any atom is 0.228 e. The molecule has 0 heterocycles. The lowest BCUT2D eigenvalue weighted by Crippen LogP contribution is -2.31. The monoisotopic (exact) mass is 301 g/mol. The van der Waals surface area contributed by atoms with Crippen LogP contribution in [0.15, 0.2) is 35.9 Å². The van der Waals surface area contributed by atoms with Crippen LogP contribution in [0.3, 0.4) is 0 Å². The van der Waals surface area contributed by atoms with Gasteiger partial charge in [-0.25, -0.2) is 0 Å². The summed E-state index contributed by atoms with van der Waals surface area (Å²) in [4.78, 5) is 12.8. The second kappa shape index (κ2) is 7.48. The van der Waals surface area contributed by atoms with Gasteiger partial charge >= 0.3 is 0 Å². The van der Waals surface area contributed by atoms with E-state index in [9.17, 15) is 4.79 Å². The van der Waals surface area contributed by atoms with Crippen LogP contribution in [0.1, 0.15) is 40.0 Å². The molecule has 0 saturated carbocycles. The van der Waals surface area contributed by atoms with Gasteiger partial charge in [-0.2, -0.15) is 0 Å². The van der Waals surface area contributed by atoms with E-state index in [1.165, 1.54) is 5.57 Å². The summed E-state index contributed by atoms with van der Waals surface area (Å²) in [7, 11) is 1.64. The second-order valence-corrected chi connectivity index (χ2v) is 6.56. The quantitative estimate of drug-likeness (QED) is 0.822. The fourth-order valence-corrected chi connectivity index (χ4v) is 3.30. The highest BCUT2D eigenvalue weighted by Gasteiger charge is 2.31. The van der Waals surface area contributed by atoms with Crippen LogP contribution in [0.25, 0.3) is 0 Å². The van der Waals surface area contributed by atoms with E-state index in [0.717, 1.165) is 30.7 Å². The summed E-state index contributed by atoms with van der Waals surface area (Å²) >= 11 is 0. The van der Waals surface area contributed by atoms with Crippen LogP contribution >= 0.6 is 0 Å². The van der Waals surface area contributed by atoms with Crippen LogP contribution in [-0.2, 0) is 4.79 Å². The van der Waals surface area contributed by atoms with E-state index in [0.29, 0.717) is 11.8 Å². The molecule has 2 atom stereocenters. The van der Waals surface area contributed by atoms with Gasteiger partial charge in [0.25, 0.3) is 0 Å². The molecule has 1 unspecified atom stereocenters. The minimum Gasteiger partial charge on any atom is -0.497 e. The minimum atomic E-state index is 0.0563. The van der Waals surface area contributed by atoms with E-state index in [1.807, 2.05) is 24.3 Å². The molecule has 0 saturated heterocycles. The Balaban J connectivity index is 2.11. The molecule has 1 aliphatic rings. The van der Waals surface area contributed by atoms with Gasteiger partial charge in [0.15, 0.2) is 0 Å². The summed E-state index contributed by atoms with van der Waals surface area (Å²) in [5.74, 6) is 1.95.